The molecule has 0 aliphatic heterocycles. The third kappa shape index (κ3) is 4.43. The molecule has 0 radical (unpaired) electrons. The fourth-order valence-corrected chi connectivity index (χ4v) is 3.78. The molecule has 3 aromatic rings. The van der Waals surface area contributed by atoms with Crippen LogP contribution in [0.4, 0.5) is 0 Å². The molecule has 2 aromatic heterocycles. The highest BCUT2D eigenvalue weighted by Gasteiger charge is 2.22. The van der Waals surface area contributed by atoms with Gasteiger partial charge in [-0.05, 0) is 23.4 Å². The van der Waals surface area contributed by atoms with E-state index in [0.717, 1.165) is 5.56 Å². The number of fused-ring (bicyclic) bond motifs is 1. The summed E-state index contributed by atoms with van der Waals surface area (Å²) in [4.78, 5) is 32.0. The molecule has 2 heterocycles. The highest BCUT2D eigenvalue weighted by Crippen LogP contribution is 2.15. The number of rotatable bonds is 8. The molecule has 0 saturated carbocycles. The van der Waals surface area contributed by atoms with Gasteiger partial charge in [0.15, 0.2) is 0 Å². The summed E-state index contributed by atoms with van der Waals surface area (Å²) in [7, 11) is 0. The standard InChI is InChI=1S/C20H23N3O3S/c1-2-16(13-24)23(12-15-6-4-3-5-7-15)18(25)8-10-22-14-21-19-17(20(22)26)9-11-27-19/h3-7,9,11,14,16,24H,2,8,10,12-13H2,1H3/t16-/m0/s1. The van der Waals surface area contributed by atoms with Gasteiger partial charge in [-0.2, -0.15) is 0 Å². The fourth-order valence-electron chi connectivity index (χ4n) is 3.06. The number of carbonyl (C=O) groups excluding carboxylic acids is 1. The first-order valence-corrected chi connectivity index (χ1v) is 9.89. The van der Waals surface area contributed by atoms with Crippen LogP contribution in [0.25, 0.3) is 10.2 Å². The molecule has 3 rings (SSSR count). The Kier molecular flexibility index (Phi) is 6.36. The zero-order chi connectivity index (χ0) is 19.2. The van der Waals surface area contributed by atoms with Crippen LogP contribution < -0.4 is 5.56 Å². The molecule has 142 valence electrons. The summed E-state index contributed by atoms with van der Waals surface area (Å²) in [5.74, 6) is -0.0860. The Balaban J connectivity index is 1.75. The summed E-state index contributed by atoms with van der Waals surface area (Å²) in [5, 5.41) is 12.1. The Bertz CT molecular complexity index is 948. The summed E-state index contributed by atoms with van der Waals surface area (Å²) in [5.41, 5.74) is 0.883. The molecule has 6 nitrogen and oxygen atoms in total. The SMILES string of the molecule is CC[C@@H](CO)N(Cc1ccccc1)C(=O)CCn1cnc2sccc2c1=O. The van der Waals surface area contributed by atoms with Crippen LogP contribution in [0.3, 0.4) is 0 Å². The van der Waals surface area contributed by atoms with Crippen LogP contribution >= 0.6 is 11.3 Å². The molecule has 27 heavy (non-hydrogen) atoms. The third-order valence-corrected chi connectivity index (χ3v) is 5.48. The lowest BCUT2D eigenvalue weighted by Gasteiger charge is -2.30. The third-order valence-electron chi connectivity index (χ3n) is 4.66. The van der Waals surface area contributed by atoms with Crippen LogP contribution in [-0.4, -0.2) is 38.1 Å². The van der Waals surface area contributed by atoms with E-state index in [4.69, 9.17) is 0 Å². The van der Waals surface area contributed by atoms with Gasteiger partial charge in [-0.1, -0.05) is 37.3 Å². The molecule has 0 unspecified atom stereocenters. The monoisotopic (exact) mass is 385 g/mol. The zero-order valence-corrected chi connectivity index (χ0v) is 16.1. The molecule has 0 aliphatic rings. The number of nitrogens with zero attached hydrogens (tertiary/aromatic N) is 3. The van der Waals surface area contributed by atoms with Crippen molar-refractivity contribution >= 4 is 27.5 Å². The topological polar surface area (TPSA) is 75.4 Å². The number of thiophene rings is 1. The highest BCUT2D eigenvalue weighted by atomic mass is 32.1. The lowest BCUT2D eigenvalue weighted by atomic mass is 10.1. The number of amides is 1. The van der Waals surface area contributed by atoms with Crippen molar-refractivity contribution < 1.29 is 9.90 Å². The van der Waals surface area contributed by atoms with Crippen molar-refractivity contribution in [3.05, 3.63) is 64.0 Å². The number of aryl methyl sites for hydroxylation is 1. The van der Waals surface area contributed by atoms with Crippen LogP contribution in [0.5, 0.6) is 0 Å². The second-order valence-corrected chi connectivity index (χ2v) is 7.28. The van der Waals surface area contributed by atoms with Gasteiger partial charge in [-0.15, -0.1) is 11.3 Å². The first kappa shape index (κ1) is 19.3. The maximum absolute atomic E-state index is 12.9. The normalized spacial score (nSPS) is 12.2. The number of benzene rings is 1. The molecular formula is C20H23N3O3S. The van der Waals surface area contributed by atoms with Crippen LogP contribution in [0.1, 0.15) is 25.3 Å². The molecule has 0 aliphatic carbocycles. The maximum atomic E-state index is 12.9. The highest BCUT2D eigenvalue weighted by molar-refractivity contribution is 7.16. The minimum atomic E-state index is -0.244. The van der Waals surface area contributed by atoms with Gasteiger partial charge in [0, 0.05) is 19.5 Å². The van der Waals surface area contributed by atoms with Gasteiger partial charge >= 0.3 is 0 Å². The lowest BCUT2D eigenvalue weighted by molar-refractivity contribution is -0.135. The van der Waals surface area contributed by atoms with Gasteiger partial charge in [0.05, 0.1) is 24.4 Å². The van der Waals surface area contributed by atoms with E-state index in [1.807, 2.05) is 42.6 Å². The predicted octanol–water partition coefficient (Wildman–Crippen LogP) is 2.65. The molecule has 7 heteroatoms. The number of aliphatic hydroxyl groups excluding tert-OH is 1. The zero-order valence-electron chi connectivity index (χ0n) is 15.2. The summed E-state index contributed by atoms with van der Waals surface area (Å²) in [6.45, 7) is 2.57. The first-order chi connectivity index (χ1) is 13.1. The Morgan fingerprint density at radius 2 is 2.07 bits per heavy atom. The first-order valence-electron chi connectivity index (χ1n) is 9.01. The van der Waals surface area contributed by atoms with E-state index < -0.39 is 0 Å². The van der Waals surface area contributed by atoms with Crippen LogP contribution in [-0.2, 0) is 17.9 Å². The van der Waals surface area contributed by atoms with Crippen molar-refractivity contribution in [1.29, 1.82) is 0 Å². The Morgan fingerprint density at radius 1 is 1.30 bits per heavy atom. The molecule has 0 fully saturated rings. The molecule has 1 amide bonds. The van der Waals surface area contributed by atoms with Crippen LogP contribution in [0, 0.1) is 0 Å². The number of hydrogen-bond acceptors (Lipinski definition) is 5. The van der Waals surface area contributed by atoms with Crippen LogP contribution in [0.2, 0.25) is 0 Å². The van der Waals surface area contributed by atoms with Crippen molar-refractivity contribution in [3.8, 4) is 0 Å². The van der Waals surface area contributed by atoms with Crippen molar-refractivity contribution in [1.82, 2.24) is 14.5 Å². The van der Waals surface area contributed by atoms with E-state index in [1.54, 1.807) is 11.0 Å². The van der Waals surface area contributed by atoms with E-state index in [0.29, 0.717) is 23.2 Å². The van der Waals surface area contributed by atoms with E-state index in [1.165, 1.54) is 22.2 Å². The van der Waals surface area contributed by atoms with Gasteiger partial charge in [0.2, 0.25) is 5.91 Å². The molecule has 0 spiro atoms. The van der Waals surface area contributed by atoms with Gasteiger partial charge in [-0.25, -0.2) is 4.98 Å². The van der Waals surface area contributed by atoms with Crippen LogP contribution in [0.15, 0.2) is 52.9 Å². The van der Waals surface area contributed by atoms with Gasteiger partial charge < -0.3 is 10.0 Å². The summed E-state index contributed by atoms with van der Waals surface area (Å²) < 4.78 is 1.48. The lowest BCUT2D eigenvalue weighted by Crippen LogP contribution is -2.42. The second-order valence-electron chi connectivity index (χ2n) is 6.38. The quantitative estimate of drug-likeness (QED) is 0.647. The van der Waals surface area contributed by atoms with Gasteiger partial charge in [0.1, 0.15) is 4.83 Å². The van der Waals surface area contributed by atoms with Gasteiger partial charge in [-0.3, -0.25) is 14.2 Å². The fraction of sp³-hybridized carbons (Fsp3) is 0.350. The summed E-state index contributed by atoms with van der Waals surface area (Å²) in [6, 6.07) is 11.2. The molecule has 0 bridgehead atoms. The van der Waals surface area contributed by atoms with Gasteiger partial charge in [0.25, 0.3) is 5.56 Å². The largest absolute Gasteiger partial charge is 0.394 e. The minimum absolute atomic E-state index is 0.0859. The number of hydrogen-bond donors (Lipinski definition) is 1. The number of carbonyl (C=O) groups is 1. The van der Waals surface area contributed by atoms with Crippen molar-refractivity contribution in [2.24, 2.45) is 0 Å². The smallest absolute Gasteiger partial charge is 0.262 e. The number of aromatic nitrogens is 2. The molecule has 1 N–H and O–H groups in total. The molecular weight excluding hydrogens is 362 g/mol. The van der Waals surface area contributed by atoms with E-state index in [9.17, 15) is 14.7 Å². The van der Waals surface area contributed by atoms with Crippen molar-refractivity contribution in [2.75, 3.05) is 6.61 Å². The maximum Gasteiger partial charge on any atom is 0.262 e. The van der Waals surface area contributed by atoms with E-state index in [-0.39, 0.29) is 37.1 Å². The molecule has 1 aromatic carbocycles. The average molecular weight is 385 g/mol. The van der Waals surface area contributed by atoms with Crippen molar-refractivity contribution in [2.45, 2.75) is 38.9 Å². The Morgan fingerprint density at radius 3 is 2.78 bits per heavy atom. The van der Waals surface area contributed by atoms with E-state index in [2.05, 4.69) is 4.98 Å². The second kappa shape index (κ2) is 8.92. The van der Waals surface area contributed by atoms with E-state index >= 15 is 0 Å². The predicted molar refractivity (Wildman–Crippen MR) is 107 cm³/mol. The van der Waals surface area contributed by atoms with Crippen molar-refractivity contribution in [3.63, 3.8) is 0 Å². The Labute approximate surface area is 161 Å². The molecule has 0 saturated heterocycles. The Hall–Kier alpha value is -2.51. The number of aliphatic hydroxyl groups is 1. The molecule has 1 atom stereocenters. The minimum Gasteiger partial charge on any atom is -0.394 e. The summed E-state index contributed by atoms with van der Waals surface area (Å²) in [6.07, 6.45) is 2.34. The average Bonchev–Trinajstić information content (AvgIpc) is 3.18. The summed E-state index contributed by atoms with van der Waals surface area (Å²) >= 11 is 1.42.